The van der Waals surface area contributed by atoms with E-state index in [0.29, 0.717) is 6.54 Å². The summed E-state index contributed by atoms with van der Waals surface area (Å²) in [5.41, 5.74) is 0.622. The van der Waals surface area contributed by atoms with Crippen LogP contribution < -0.4 is 4.74 Å². The summed E-state index contributed by atoms with van der Waals surface area (Å²) in [6.45, 7) is 4.51. The van der Waals surface area contributed by atoms with Gasteiger partial charge >= 0.3 is 0 Å². The van der Waals surface area contributed by atoms with Gasteiger partial charge in [-0.3, -0.25) is 4.90 Å². The lowest BCUT2D eigenvalue weighted by atomic mass is 10.0. The van der Waals surface area contributed by atoms with Crippen LogP contribution in [0, 0.1) is 11.3 Å². The summed E-state index contributed by atoms with van der Waals surface area (Å²) in [6, 6.07) is 10.2. The van der Waals surface area contributed by atoms with Crippen molar-refractivity contribution in [3.05, 3.63) is 29.8 Å². The van der Waals surface area contributed by atoms with E-state index < -0.39 is 5.54 Å². The maximum atomic E-state index is 9.05. The quantitative estimate of drug-likeness (QED) is 0.778. The SMILES string of the molecule is COc1ccccc1CN(C)C(C)(C)C#N. The topological polar surface area (TPSA) is 36.3 Å². The van der Waals surface area contributed by atoms with Crippen LogP contribution in [0.1, 0.15) is 19.4 Å². The molecule has 0 heterocycles. The Bertz CT molecular complexity index is 393. The Hall–Kier alpha value is -1.53. The van der Waals surface area contributed by atoms with E-state index in [9.17, 15) is 0 Å². The highest BCUT2D eigenvalue weighted by atomic mass is 16.5. The van der Waals surface area contributed by atoms with Crippen LogP contribution in [0.25, 0.3) is 0 Å². The molecule has 1 rings (SSSR count). The molecular formula is C13H18N2O. The third-order valence-corrected chi connectivity index (χ3v) is 2.83. The van der Waals surface area contributed by atoms with Gasteiger partial charge in [0.05, 0.1) is 13.2 Å². The summed E-state index contributed by atoms with van der Waals surface area (Å²) in [7, 11) is 3.60. The van der Waals surface area contributed by atoms with Crippen LogP contribution in [0.3, 0.4) is 0 Å². The fourth-order valence-corrected chi connectivity index (χ4v) is 1.37. The molecule has 0 fully saturated rings. The van der Waals surface area contributed by atoms with Gasteiger partial charge in [-0.1, -0.05) is 18.2 Å². The highest BCUT2D eigenvalue weighted by Gasteiger charge is 2.23. The minimum atomic E-state index is -0.471. The first kappa shape index (κ1) is 12.5. The van der Waals surface area contributed by atoms with Crippen LogP contribution in [-0.4, -0.2) is 24.6 Å². The summed E-state index contributed by atoms with van der Waals surface area (Å²) < 4.78 is 5.28. The lowest BCUT2D eigenvalue weighted by Crippen LogP contribution is -2.39. The molecule has 0 aliphatic carbocycles. The molecule has 0 bridgehead atoms. The summed E-state index contributed by atoms with van der Waals surface area (Å²) in [5, 5.41) is 9.05. The van der Waals surface area contributed by atoms with E-state index in [1.54, 1.807) is 7.11 Å². The monoisotopic (exact) mass is 218 g/mol. The second kappa shape index (κ2) is 5.00. The number of hydrogen-bond acceptors (Lipinski definition) is 3. The van der Waals surface area contributed by atoms with Crippen molar-refractivity contribution in [2.24, 2.45) is 0 Å². The Balaban J connectivity index is 2.85. The van der Waals surface area contributed by atoms with E-state index in [-0.39, 0.29) is 0 Å². The smallest absolute Gasteiger partial charge is 0.123 e. The van der Waals surface area contributed by atoms with Crippen LogP contribution in [0.2, 0.25) is 0 Å². The molecule has 0 aliphatic heterocycles. The lowest BCUT2D eigenvalue weighted by Gasteiger charge is -2.29. The highest BCUT2D eigenvalue weighted by molar-refractivity contribution is 5.33. The molecule has 0 amide bonds. The van der Waals surface area contributed by atoms with Crippen molar-refractivity contribution in [2.45, 2.75) is 25.9 Å². The molecule has 0 spiro atoms. The van der Waals surface area contributed by atoms with E-state index in [0.717, 1.165) is 11.3 Å². The number of methoxy groups -OCH3 is 1. The Kier molecular flexibility index (Phi) is 3.92. The van der Waals surface area contributed by atoms with E-state index in [1.807, 2.05) is 50.1 Å². The van der Waals surface area contributed by atoms with Gasteiger partial charge in [0.25, 0.3) is 0 Å². The molecule has 3 nitrogen and oxygen atoms in total. The van der Waals surface area contributed by atoms with Crippen LogP contribution >= 0.6 is 0 Å². The summed E-state index contributed by atoms with van der Waals surface area (Å²) in [4.78, 5) is 2.00. The first-order valence-electron chi connectivity index (χ1n) is 5.25. The number of nitrogens with zero attached hydrogens (tertiary/aromatic N) is 2. The van der Waals surface area contributed by atoms with Gasteiger partial charge in [0.2, 0.25) is 0 Å². The number of rotatable bonds is 4. The Labute approximate surface area is 97.3 Å². The van der Waals surface area contributed by atoms with Crippen molar-refractivity contribution in [3.8, 4) is 11.8 Å². The van der Waals surface area contributed by atoms with Crippen molar-refractivity contribution in [1.29, 1.82) is 5.26 Å². The maximum Gasteiger partial charge on any atom is 0.123 e. The number of para-hydroxylation sites is 1. The first-order valence-corrected chi connectivity index (χ1v) is 5.25. The zero-order valence-corrected chi connectivity index (χ0v) is 10.3. The average molecular weight is 218 g/mol. The van der Waals surface area contributed by atoms with Gasteiger partial charge in [0.1, 0.15) is 11.3 Å². The Morgan fingerprint density at radius 1 is 1.38 bits per heavy atom. The van der Waals surface area contributed by atoms with E-state index in [1.165, 1.54) is 0 Å². The number of ether oxygens (including phenoxy) is 1. The predicted octanol–water partition coefficient (Wildman–Crippen LogP) is 2.43. The number of benzene rings is 1. The van der Waals surface area contributed by atoms with Crippen molar-refractivity contribution in [1.82, 2.24) is 4.90 Å². The second-order valence-corrected chi connectivity index (χ2v) is 4.34. The average Bonchev–Trinajstić information content (AvgIpc) is 2.29. The fourth-order valence-electron chi connectivity index (χ4n) is 1.37. The molecule has 0 N–H and O–H groups in total. The third kappa shape index (κ3) is 2.74. The summed E-state index contributed by atoms with van der Waals surface area (Å²) >= 11 is 0. The van der Waals surface area contributed by atoms with Crippen molar-refractivity contribution in [2.75, 3.05) is 14.2 Å². The van der Waals surface area contributed by atoms with Gasteiger partial charge < -0.3 is 4.74 Å². The lowest BCUT2D eigenvalue weighted by molar-refractivity contribution is 0.200. The van der Waals surface area contributed by atoms with Gasteiger partial charge in [-0.05, 0) is 27.0 Å². The van der Waals surface area contributed by atoms with Crippen LogP contribution in [0.5, 0.6) is 5.75 Å². The zero-order chi connectivity index (χ0) is 12.2. The molecule has 0 radical (unpaired) electrons. The van der Waals surface area contributed by atoms with Gasteiger partial charge in [0.15, 0.2) is 0 Å². The summed E-state index contributed by atoms with van der Waals surface area (Å²) in [6.07, 6.45) is 0. The molecule has 0 aliphatic rings. The molecule has 86 valence electrons. The molecule has 0 aromatic heterocycles. The summed E-state index contributed by atoms with van der Waals surface area (Å²) in [5.74, 6) is 0.864. The fraction of sp³-hybridized carbons (Fsp3) is 0.462. The number of hydrogen-bond donors (Lipinski definition) is 0. The normalized spacial score (nSPS) is 11.2. The second-order valence-electron chi connectivity index (χ2n) is 4.34. The molecule has 3 heteroatoms. The van der Waals surface area contributed by atoms with Gasteiger partial charge in [0, 0.05) is 12.1 Å². The largest absolute Gasteiger partial charge is 0.496 e. The van der Waals surface area contributed by atoms with E-state index >= 15 is 0 Å². The van der Waals surface area contributed by atoms with Crippen LogP contribution in [0.4, 0.5) is 0 Å². The molecule has 0 unspecified atom stereocenters. The molecule has 16 heavy (non-hydrogen) atoms. The van der Waals surface area contributed by atoms with Crippen LogP contribution in [0.15, 0.2) is 24.3 Å². The zero-order valence-electron chi connectivity index (χ0n) is 10.3. The third-order valence-electron chi connectivity index (χ3n) is 2.83. The minimum absolute atomic E-state index is 0.471. The number of nitriles is 1. The molecule has 0 saturated carbocycles. The molecule has 0 atom stereocenters. The first-order chi connectivity index (χ1) is 7.51. The van der Waals surface area contributed by atoms with Crippen molar-refractivity contribution < 1.29 is 4.74 Å². The van der Waals surface area contributed by atoms with Crippen LogP contribution in [-0.2, 0) is 6.54 Å². The minimum Gasteiger partial charge on any atom is -0.496 e. The van der Waals surface area contributed by atoms with E-state index in [2.05, 4.69) is 6.07 Å². The predicted molar refractivity (Wildman–Crippen MR) is 64.2 cm³/mol. The van der Waals surface area contributed by atoms with Crippen molar-refractivity contribution in [3.63, 3.8) is 0 Å². The Morgan fingerprint density at radius 3 is 2.56 bits per heavy atom. The van der Waals surface area contributed by atoms with Gasteiger partial charge in [-0.25, -0.2) is 0 Å². The Morgan fingerprint density at radius 2 is 2.00 bits per heavy atom. The maximum absolute atomic E-state index is 9.05. The van der Waals surface area contributed by atoms with Gasteiger partial charge in [-0.2, -0.15) is 5.26 Å². The standard InChI is InChI=1S/C13H18N2O/c1-13(2,10-14)15(3)9-11-7-5-6-8-12(11)16-4/h5-8H,9H2,1-4H3. The van der Waals surface area contributed by atoms with Gasteiger partial charge in [-0.15, -0.1) is 0 Å². The molecular weight excluding hydrogens is 200 g/mol. The molecule has 1 aromatic carbocycles. The highest BCUT2D eigenvalue weighted by Crippen LogP contribution is 2.22. The molecule has 0 saturated heterocycles. The van der Waals surface area contributed by atoms with E-state index in [4.69, 9.17) is 10.00 Å². The molecule has 1 aromatic rings. The van der Waals surface area contributed by atoms with Crippen molar-refractivity contribution >= 4 is 0 Å².